The largest absolute Gasteiger partial charge is 0.481 e. The molecule has 0 saturated heterocycles. The highest BCUT2D eigenvalue weighted by molar-refractivity contribution is 8.00. The molecule has 0 fully saturated rings. The van der Waals surface area contributed by atoms with E-state index in [-0.39, 0.29) is 5.25 Å². The predicted molar refractivity (Wildman–Crippen MR) is 85.7 cm³/mol. The zero-order chi connectivity index (χ0) is 16.1. The Bertz CT molecular complexity index is 634. The predicted octanol–water partition coefficient (Wildman–Crippen LogP) is 3.14. The maximum atomic E-state index is 11.6. The molecular weight excluding hydrogens is 300 g/mol. The van der Waals surface area contributed by atoms with Crippen LogP contribution in [-0.4, -0.2) is 30.5 Å². The zero-order valence-corrected chi connectivity index (χ0v) is 13.8. The van der Waals surface area contributed by atoms with E-state index in [0.29, 0.717) is 16.9 Å². The normalized spacial score (nSPS) is 11.8. The van der Waals surface area contributed by atoms with E-state index in [2.05, 4.69) is 9.97 Å². The van der Waals surface area contributed by atoms with Gasteiger partial charge in [-0.15, -0.1) is 0 Å². The highest BCUT2D eigenvalue weighted by Crippen LogP contribution is 2.36. The minimum Gasteiger partial charge on any atom is -0.481 e. The molecule has 0 N–H and O–H groups in total. The van der Waals surface area contributed by atoms with Crippen molar-refractivity contribution in [3.63, 3.8) is 0 Å². The van der Waals surface area contributed by atoms with E-state index in [1.807, 2.05) is 32.0 Å². The molecule has 1 unspecified atom stereocenters. The van der Waals surface area contributed by atoms with Gasteiger partial charge in [-0.05, 0) is 30.5 Å². The molecule has 0 aliphatic carbocycles. The molecule has 0 saturated carbocycles. The molecule has 1 atom stereocenters. The summed E-state index contributed by atoms with van der Waals surface area (Å²) in [5, 5.41) is 0.0639. The highest BCUT2D eigenvalue weighted by Gasteiger charge is 2.19. The molecular formula is C16H18N2O3S. The Morgan fingerprint density at radius 2 is 1.64 bits per heavy atom. The van der Waals surface area contributed by atoms with Gasteiger partial charge in [-0.1, -0.05) is 30.0 Å². The number of hydrogen-bond acceptors (Lipinski definition) is 6. The lowest BCUT2D eigenvalue weighted by Crippen LogP contribution is -2.03. The average Bonchev–Trinajstić information content (AvgIpc) is 2.53. The van der Waals surface area contributed by atoms with Gasteiger partial charge in [0.1, 0.15) is 6.29 Å². The number of aromatic nitrogens is 2. The third-order valence-electron chi connectivity index (χ3n) is 3.26. The number of ether oxygens (including phenoxy) is 2. The van der Waals surface area contributed by atoms with Crippen molar-refractivity contribution >= 4 is 18.0 Å². The third-order valence-corrected chi connectivity index (χ3v) is 4.25. The number of thioether (sulfide) groups is 1. The molecule has 2 rings (SSSR count). The van der Waals surface area contributed by atoms with E-state index in [9.17, 15) is 4.79 Å². The van der Waals surface area contributed by atoms with E-state index in [4.69, 9.17) is 9.47 Å². The first-order chi connectivity index (χ1) is 10.6. The van der Waals surface area contributed by atoms with Crippen molar-refractivity contribution < 1.29 is 14.3 Å². The molecule has 22 heavy (non-hydrogen) atoms. The summed E-state index contributed by atoms with van der Waals surface area (Å²) in [7, 11) is 3.05. The van der Waals surface area contributed by atoms with Crippen LogP contribution < -0.4 is 9.47 Å². The summed E-state index contributed by atoms with van der Waals surface area (Å²) in [6.45, 7) is 3.98. The number of aldehydes is 1. The Hall–Kier alpha value is -2.08. The first kappa shape index (κ1) is 16.3. The molecule has 1 heterocycles. The summed E-state index contributed by atoms with van der Waals surface area (Å²) >= 11 is 1.28. The highest BCUT2D eigenvalue weighted by atomic mass is 32.2. The number of nitrogens with zero attached hydrogens (tertiary/aromatic N) is 2. The van der Waals surface area contributed by atoms with Crippen LogP contribution in [0.15, 0.2) is 29.4 Å². The van der Waals surface area contributed by atoms with Crippen molar-refractivity contribution in [3.05, 3.63) is 41.0 Å². The first-order valence-corrected chi connectivity index (χ1v) is 7.62. The Kier molecular flexibility index (Phi) is 5.38. The summed E-state index contributed by atoms with van der Waals surface area (Å²) in [6.07, 6.45) is 0.912. The number of hydrogen-bond donors (Lipinski definition) is 0. The molecule has 0 aliphatic heterocycles. The van der Waals surface area contributed by atoms with Crippen LogP contribution in [0.2, 0.25) is 0 Å². The van der Waals surface area contributed by atoms with Crippen LogP contribution in [0.3, 0.4) is 0 Å². The fourth-order valence-electron chi connectivity index (χ4n) is 2.19. The molecule has 116 valence electrons. The van der Waals surface area contributed by atoms with Gasteiger partial charge in [-0.25, -0.2) is 0 Å². The number of rotatable bonds is 6. The number of carbonyl (C=O) groups excluding carboxylic acids is 1. The third kappa shape index (κ3) is 3.57. The SMILES string of the molecule is COc1cc(OC)nc(SC(C=O)c2c(C)cccc2C)n1. The van der Waals surface area contributed by atoms with Crippen molar-refractivity contribution in [2.75, 3.05) is 14.2 Å². The van der Waals surface area contributed by atoms with E-state index in [0.717, 1.165) is 23.0 Å². The Morgan fingerprint density at radius 3 is 2.09 bits per heavy atom. The van der Waals surface area contributed by atoms with Crippen LogP contribution in [0.1, 0.15) is 21.9 Å². The molecule has 0 radical (unpaired) electrons. The van der Waals surface area contributed by atoms with Gasteiger partial charge in [0.15, 0.2) is 5.16 Å². The summed E-state index contributed by atoms with van der Waals surface area (Å²) < 4.78 is 10.3. The molecule has 6 heteroatoms. The van der Waals surface area contributed by atoms with Crippen LogP contribution in [0.4, 0.5) is 0 Å². The van der Waals surface area contributed by atoms with E-state index in [1.54, 1.807) is 6.07 Å². The van der Waals surface area contributed by atoms with E-state index in [1.165, 1.54) is 26.0 Å². The van der Waals surface area contributed by atoms with Crippen LogP contribution >= 0.6 is 11.8 Å². The Labute approximate surface area is 134 Å². The van der Waals surface area contributed by atoms with Crippen LogP contribution in [0, 0.1) is 13.8 Å². The van der Waals surface area contributed by atoms with E-state index < -0.39 is 0 Å². The number of aryl methyl sites for hydroxylation is 2. The molecule has 0 aliphatic rings. The number of benzene rings is 1. The van der Waals surface area contributed by atoms with Crippen molar-refractivity contribution in [2.24, 2.45) is 0 Å². The minimum absolute atomic E-state index is 0.377. The van der Waals surface area contributed by atoms with Gasteiger partial charge in [0, 0.05) is 0 Å². The van der Waals surface area contributed by atoms with Gasteiger partial charge in [-0.3, -0.25) is 0 Å². The van der Waals surface area contributed by atoms with Crippen molar-refractivity contribution in [3.8, 4) is 11.8 Å². The first-order valence-electron chi connectivity index (χ1n) is 6.74. The maximum Gasteiger partial charge on any atom is 0.220 e. The Morgan fingerprint density at radius 1 is 1.09 bits per heavy atom. The average molecular weight is 318 g/mol. The lowest BCUT2D eigenvalue weighted by Gasteiger charge is -2.15. The van der Waals surface area contributed by atoms with Gasteiger partial charge in [0.05, 0.1) is 25.5 Å². The van der Waals surface area contributed by atoms with Crippen LogP contribution in [0.25, 0.3) is 0 Å². The summed E-state index contributed by atoms with van der Waals surface area (Å²) in [6, 6.07) is 7.56. The second-order valence-corrected chi connectivity index (χ2v) is 5.82. The number of carbonyl (C=O) groups is 1. The molecule has 0 bridgehead atoms. The van der Waals surface area contributed by atoms with Gasteiger partial charge in [0.2, 0.25) is 11.8 Å². The second kappa shape index (κ2) is 7.26. The number of methoxy groups -OCH3 is 2. The van der Waals surface area contributed by atoms with Crippen molar-refractivity contribution in [1.82, 2.24) is 9.97 Å². The fourth-order valence-corrected chi connectivity index (χ4v) is 3.25. The van der Waals surface area contributed by atoms with Gasteiger partial charge >= 0.3 is 0 Å². The summed E-state index contributed by atoms with van der Waals surface area (Å²) in [5.74, 6) is 0.806. The monoisotopic (exact) mass is 318 g/mol. The molecule has 0 amide bonds. The van der Waals surface area contributed by atoms with Crippen LogP contribution in [0.5, 0.6) is 11.8 Å². The molecule has 5 nitrogen and oxygen atoms in total. The fraction of sp³-hybridized carbons (Fsp3) is 0.312. The molecule has 1 aromatic heterocycles. The van der Waals surface area contributed by atoms with Gasteiger partial charge in [-0.2, -0.15) is 9.97 Å². The van der Waals surface area contributed by atoms with Gasteiger partial charge in [0.25, 0.3) is 0 Å². The standard InChI is InChI=1S/C16H18N2O3S/c1-10-6-5-7-11(2)15(10)12(9-19)22-16-17-13(20-3)8-14(18-16)21-4/h5-9,12H,1-4H3. The smallest absolute Gasteiger partial charge is 0.220 e. The quantitative estimate of drug-likeness (QED) is 0.463. The molecule has 2 aromatic rings. The van der Waals surface area contributed by atoms with Crippen molar-refractivity contribution in [2.45, 2.75) is 24.3 Å². The minimum atomic E-state index is -0.377. The maximum absolute atomic E-state index is 11.6. The molecule has 0 spiro atoms. The summed E-state index contributed by atoms with van der Waals surface area (Å²) in [5.41, 5.74) is 3.13. The second-order valence-electron chi connectivity index (χ2n) is 4.72. The van der Waals surface area contributed by atoms with E-state index >= 15 is 0 Å². The summed E-state index contributed by atoms with van der Waals surface area (Å²) in [4.78, 5) is 20.1. The topological polar surface area (TPSA) is 61.3 Å². The van der Waals surface area contributed by atoms with Crippen LogP contribution in [-0.2, 0) is 4.79 Å². The Balaban J connectivity index is 2.37. The van der Waals surface area contributed by atoms with Crippen molar-refractivity contribution in [1.29, 1.82) is 0 Å². The van der Waals surface area contributed by atoms with Gasteiger partial charge < -0.3 is 14.3 Å². The lowest BCUT2D eigenvalue weighted by atomic mass is 10.0. The molecule has 1 aromatic carbocycles. The lowest BCUT2D eigenvalue weighted by molar-refractivity contribution is -0.107. The zero-order valence-electron chi connectivity index (χ0n) is 13.0.